The smallest absolute Gasteiger partial charge is 0.236 e. The van der Waals surface area contributed by atoms with Gasteiger partial charge in [0.25, 0.3) is 0 Å². The van der Waals surface area contributed by atoms with Crippen LogP contribution in [0.3, 0.4) is 0 Å². The van der Waals surface area contributed by atoms with E-state index in [0.29, 0.717) is 6.54 Å². The van der Waals surface area contributed by atoms with Crippen molar-refractivity contribution in [1.29, 1.82) is 0 Å². The predicted molar refractivity (Wildman–Crippen MR) is 83.4 cm³/mol. The third-order valence-electron chi connectivity index (χ3n) is 3.85. The quantitative estimate of drug-likeness (QED) is 0.900. The zero-order valence-electron chi connectivity index (χ0n) is 13.0. The van der Waals surface area contributed by atoms with Crippen LogP contribution in [-0.2, 0) is 11.3 Å². The fourth-order valence-electron chi connectivity index (χ4n) is 2.46. The maximum absolute atomic E-state index is 11.8. The summed E-state index contributed by atoms with van der Waals surface area (Å²) in [6.45, 7) is 7.00. The molecule has 118 valence electrons. The van der Waals surface area contributed by atoms with Crippen molar-refractivity contribution >= 4 is 17.5 Å². The highest BCUT2D eigenvalue weighted by Gasteiger charge is 2.19. The van der Waals surface area contributed by atoms with Crippen LogP contribution in [0, 0.1) is 6.92 Å². The zero-order chi connectivity index (χ0) is 15.4. The molecule has 1 fully saturated rings. The number of rotatable bonds is 4. The van der Waals surface area contributed by atoms with Gasteiger partial charge in [0.2, 0.25) is 5.91 Å². The second-order valence-electron chi connectivity index (χ2n) is 5.80. The number of H-pyrrole nitrogens is 1. The Labute approximate surface area is 131 Å². The van der Waals surface area contributed by atoms with E-state index in [-0.39, 0.29) is 5.91 Å². The number of amides is 1. The predicted octanol–water partition coefficient (Wildman–Crippen LogP) is 0.967. The fraction of sp³-hybridized carbons (Fsp3) is 0.714. The first kappa shape index (κ1) is 16.3. The van der Waals surface area contributed by atoms with Crippen molar-refractivity contribution in [3.8, 4) is 0 Å². The monoisotopic (exact) mass is 313 g/mol. The highest BCUT2D eigenvalue weighted by Crippen LogP contribution is 2.19. The Hall–Kier alpha value is -1.11. The molecule has 0 spiro atoms. The summed E-state index contributed by atoms with van der Waals surface area (Å²) in [5, 5.41) is 7.91. The van der Waals surface area contributed by atoms with Crippen LogP contribution in [0.5, 0.6) is 0 Å². The van der Waals surface area contributed by atoms with Gasteiger partial charge in [-0.15, -0.1) is 0 Å². The van der Waals surface area contributed by atoms with Gasteiger partial charge < -0.3 is 4.90 Å². The minimum absolute atomic E-state index is 0.162. The van der Waals surface area contributed by atoms with Crippen molar-refractivity contribution in [3.05, 3.63) is 16.4 Å². The van der Waals surface area contributed by atoms with E-state index in [2.05, 4.69) is 20.0 Å². The van der Waals surface area contributed by atoms with Crippen LogP contribution >= 0.6 is 11.6 Å². The number of aromatic amines is 1. The Kier molecular flexibility index (Phi) is 5.61. The van der Waals surface area contributed by atoms with Gasteiger partial charge >= 0.3 is 0 Å². The SMILES string of the molecule is Cc1[nH]nc(CN2CCCN(CC(=O)N(C)C)CC2)c1Cl. The topological polar surface area (TPSA) is 55.5 Å². The lowest BCUT2D eigenvalue weighted by Gasteiger charge is -2.22. The molecular formula is C14H24ClN5O. The summed E-state index contributed by atoms with van der Waals surface area (Å²) in [5.41, 5.74) is 1.83. The summed E-state index contributed by atoms with van der Waals surface area (Å²) in [6.07, 6.45) is 1.06. The Morgan fingerprint density at radius 2 is 1.95 bits per heavy atom. The Morgan fingerprint density at radius 3 is 2.57 bits per heavy atom. The number of nitrogens with zero attached hydrogens (tertiary/aromatic N) is 4. The first-order valence-electron chi connectivity index (χ1n) is 7.31. The summed E-state index contributed by atoms with van der Waals surface area (Å²) in [7, 11) is 3.60. The molecule has 2 rings (SSSR count). The number of likely N-dealkylation sites (N-methyl/N-ethyl adjacent to an activating group) is 1. The molecule has 0 aromatic carbocycles. The van der Waals surface area contributed by atoms with Crippen LogP contribution in [0.15, 0.2) is 0 Å². The van der Waals surface area contributed by atoms with Crippen LogP contribution in [-0.4, -0.2) is 77.6 Å². The van der Waals surface area contributed by atoms with E-state index in [9.17, 15) is 4.79 Å². The molecule has 1 aromatic rings. The van der Waals surface area contributed by atoms with Gasteiger partial charge in [-0.3, -0.25) is 19.7 Å². The second kappa shape index (κ2) is 7.24. The molecule has 0 atom stereocenters. The minimum atomic E-state index is 0.162. The highest BCUT2D eigenvalue weighted by atomic mass is 35.5. The first-order chi connectivity index (χ1) is 9.97. The van der Waals surface area contributed by atoms with Crippen molar-refractivity contribution in [2.24, 2.45) is 0 Å². The summed E-state index contributed by atoms with van der Waals surface area (Å²) >= 11 is 6.22. The van der Waals surface area contributed by atoms with Crippen LogP contribution < -0.4 is 0 Å². The standard InChI is InChI=1S/C14H24ClN5O/c1-11-14(15)12(17-16-11)9-19-5-4-6-20(8-7-19)10-13(21)18(2)3/h4-10H2,1-3H3,(H,16,17). The third kappa shape index (κ3) is 4.43. The lowest BCUT2D eigenvalue weighted by atomic mass is 10.3. The number of aryl methyl sites for hydroxylation is 1. The van der Waals surface area contributed by atoms with Gasteiger partial charge in [-0.2, -0.15) is 5.10 Å². The van der Waals surface area contributed by atoms with Gasteiger partial charge in [-0.1, -0.05) is 11.6 Å². The molecule has 0 radical (unpaired) electrons. The zero-order valence-corrected chi connectivity index (χ0v) is 13.8. The van der Waals surface area contributed by atoms with Crippen LogP contribution in [0.4, 0.5) is 0 Å². The largest absolute Gasteiger partial charge is 0.348 e. The molecule has 0 unspecified atom stereocenters. The molecule has 1 aliphatic heterocycles. The number of halogens is 1. The van der Waals surface area contributed by atoms with Crippen molar-refractivity contribution in [2.75, 3.05) is 46.8 Å². The molecular weight excluding hydrogens is 290 g/mol. The Balaban J connectivity index is 1.86. The Bertz CT molecular complexity index is 488. The number of hydrogen-bond acceptors (Lipinski definition) is 4. The van der Waals surface area contributed by atoms with Gasteiger partial charge in [0.1, 0.15) is 0 Å². The lowest BCUT2D eigenvalue weighted by molar-refractivity contribution is -0.129. The second-order valence-corrected chi connectivity index (χ2v) is 6.18. The molecule has 0 aliphatic carbocycles. The average Bonchev–Trinajstić information content (AvgIpc) is 2.65. The molecule has 7 heteroatoms. The molecule has 6 nitrogen and oxygen atoms in total. The van der Waals surface area contributed by atoms with Crippen molar-refractivity contribution < 1.29 is 4.79 Å². The summed E-state index contributed by atoms with van der Waals surface area (Å²) in [5.74, 6) is 0.162. The normalized spacial score (nSPS) is 17.7. The van der Waals surface area contributed by atoms with Crippen molar-refractivity contribution in [2.45, 2.75) is 19.9 Å². The van der Waals surface area contributed by atoms with E-state index in [1.54, 1.807) is 19.0 Å². The lowest BCUT2D eigenvalue weighted by Crippen LogP contribution is -2.38. The fourth-order valence-corrected chi connectivity index (χ4v) is 2.60. The van der Waals surface area contributed by atoms with Gasteiger partial charge in [0.15, 0.2) is 0 Å². The van der Waals surface area contributed by atoms with E-state index in [4.69, 9.17) is 11.6 Å². The molecule has 0 bridgehead atoms. The van der Waals surface area contributed by atoms with Crippen LogP contribution in [0.25, 0.3) is 0 Å². The van der Waals surface area contributed by atoms with Gasteiger partial charge in [0, 0.05) is 33.7 Å². The third-order valence-corrected chi connectivity index (χ3v) is 4.35. The summed E-state index contributed by atoms with van der Waals surface area (Å²) in [6, 6.07) is 0. The Morgan fingerprint density at radius 1 is 1.29 bits per heavy atom. The molecule has 1 aliphatic rings. The molecule has 1 amide bonds. The molecule has 1 aromatic heterocycles. The van der Waals surface area contributed by atoms with E-state index in [0.717, 1.165) is 55.6 Å². The number of carbonyl (C=O) groups is 1. The van der Waals surface area contributed by atoms with Gasteiger partial charge in [0.05, 0.1) is 23.0 Å². The van der Waals surface area contributed by atoms with Gasteiger partial charge in [-0.25, -0.2) is 0 Å². The van der Waals surface area contributed by atoms with Crippen LogP contribution in [0.1, 0.15) is 17.8 Å². The van der Waals surface area contributed by atoms with Crippen molar-refractivity contribution in [1.82, 2.24) is 24.9 Å². The molecule has 2 heterocycles. The minimum Gasteiger partial charge on any atom is -0.348 e. The molecule has 21 heavy (non-hydrogen) atoms. The summed E-state index contributed by atoms with van der Waals surface area (Å²) < 4.78 is 0. The van der Waals surface area contributed by atoms with Gasteiger partial charge in [-0.05, 0) is 26.4 Å². The van der Waals surface area contributed by atoms with E-state index < -0.39 is 0 Å². The summed E-state index contributed by atoms with van der Waals surface area (Å²) in [4.78, 5) is 18.0. The average molecular weight is 314 g/mol. The molecule has 1 saturated heterocycles. The molecule has 1 N–H and O–H groups in total. The molecule has 0 saturated carbocycles. The van der Waals surface area contributed by atoms with E-state index in [1.807, 2.05) is 6.92 Å². The number of carbonyl (C=O) groups excluding carboxylic acids is 1. The van der Waals surface area contributed by atoms with Crippen LogP contribution in [0.2, 0.25) is 5.02 Å². The van der Waals surface area contributed by atoms with E-state index >= 15 is 0 Å². The maximum atomic E-state index is 11.8. The first-order valence-corrected chi connectivity index (χ1v) is 7.69. The number of hydrogen-bond donors (Lipinski definition) is 1. The van der Waals surface area contributed by atoms with Crippen molar-refractivity contribution in [3.63, 3.8) is 0 Å². The number of aromatic nitrogens is 2. The van der Waals surface area contributed by atoms with E-state index in [1.165, 1.54) is 0 Å². The highest BCUT2D eigenvalue weighted by molar-refractivity contribution is 6.31. The maximum Gasteiger partial charge on any atom is 0.236 e. The number of nitrogens with one attached hydrogen (secondary N) is 1.